The van der Waals surface area contributed by atoms with Crippen LogP contribution in [0.25, 0.3) is 22.2 Å². The first-order chi connectivity index (χ1) is 29.9. The van der Waals surface area contributed by atoms with E-state index in [4.69, 9.17) is 70.8 Å². The minimum Gasteiger partial charge on any atom is -0.408 e. The molecule has 0 aliphatic carbocycles. The lowest BCUT2D eigenvalue weighted by Gasteiger charge is -2.41. The number of nitrogens with two attached hydrogens (primary N) is 1. The third-order valence-electron chi connectivity index (χ3n) is 13.3. The summed E-state index contributed by atoms with van der Waals surface area (Å²) in [6.07, 6.45) is 0.434. The van der Waals surface area contributed by atoms with Crippen LogP contribution in [0.3, 0.4) is 0 Å². The van der Waals surface area contributed by atoms with E-state index in [2.05, 4.69) is 98.3 Å². The molecule has 20 nitrogen and oxygen atoms in total. The number of anilines is 2. The van der Waals surface area contributed by atoms with Gasteiger partial charge >= 0.3 is 13.4 Å². The van der Waals surface area contributed by atoms with Gasteiger partial charge in [0.1, 0.15) is 60.7 Å². The van der Waals surface area contributed by atoms with Crippen molar-refractivity contribution in [2.24, 2.45) is 5.73 Å². The van der Waals surface area contributed by atoms with Gasteiger partial charge in [-0.25, -0.2) is 24.9 Å². The smallest absolute Gasteiger partial charge is 0.325 e. The van der Waals surface area contributed by atoms with Crippen LogP contribution in [-0.4, -0.2) is 130 Å². The fraction of sp³-hybridized carbons (Fsp3) is 0.711. The average Bonchev–Trinajstić information content (AvgIpc) is 3.92. The second-order valence-electron chi connectivity index (χ2n) is 19.8. The number of ether oxygens (including phenoxy) is 2. The van der Waals surface area contributed by atoms with Crippen LogP contribution in [0.1, 0.15) is 66.0 Å². The van der Waals surface area contributed by atoms with E-state index >= 15 is 0 Å². The quantitative estimate of drug-likeness (QED) is 0.0980. The third kappa shape index (κ3) is 9.56. The Labute approximate surface area is 385 Å². The molecule has 8 rings (SSSR count). The first-order valence-corrected chi connectivity index (χ1v) is 32.6. The van der Waals surface area contributed by atoms with E-state index < -0.39 is 79.2 Å². The van der Waals surface area contributed by atoms with Gasteiger partial charge in [-0.3, -0.25) is 13.6 Å². The molecule has 0 amide bonds. The molecule has 3 fully saturated rings. The summed E-state index contributed by atoms with van der Waals surface area (Å²) in [7, 11) is -5.25. The zero-order chi connectivity index (χ0) is 46.2. The monoisotopic (exact) mass is 1000 g/mol. The average molecular weight is 1000 g/mol. The lowest BCUT2D eigenvalue weighted by molar-refractivity contribution is -0.0604. The highest BCUT2D eigenvalue weighted by atomic mass is 32.5. The van der Waals surface area contributed by atoms with Gasteiger partial charge in [-0.05, 0) is 78.3 Å². The number of rotatable bonds is 9. The summed E-state index contributed by atoms with van der Waals surface area (Å²) < 4.78 is 57.3. The Bertz CT molecular complexity index is 2460. The van der Waals surface area contributed by atoms with E-state index in [1.165, 1.54) is 12.7 Å². The largest absolute Gasteiger partial charge is 0.408 e. The maximum Gasteiger partial charge on any atom is 0.325 e. The first-order valence-electron chi connectivity index (χ1n) is 21.6. The summed E-state index contributed by atoms with van der Waals surface area (Å²) in [6.45, 7) is 13.8. The van der Waals surface area contributed by atoms with Crippen LogP contribution in [-0.2, 0) is 66.5 Å². The summed E-state index contributed by atoms with van der Waals surface area (Å²) in [4.78, 5) is 47.1. The molecule has 354 valence electrons. The van der Waals surface area contributed by atoms with Crippen LogP contribution < -0.4 is 16.4 Å². The van der Waals surface area contributed by atoms with Crippen molar-refractivity contribution in [1.29, 1.82) is 0 Å². The van der Waals surface area contributed by atoms with E-state index in [1.807, 2.05) is 10.8 Å². The highest BCUT2D eigenvalue weighted by Gasteiger charge is 2.57. The van der Waals surface area contributed by atoms with Crippen LogP contribution in [0.2, 0.25) is 36.3 Å². The molecule has 4 aliphatic rings. The van der Waals surface area contributed by atoms with Gasteiger partial charge in [0.05, 0.1) is 24.9 Å². The maximum absolute atomic E-state index is 12.2. The number of hydrogen-bond donors (Lipinski definition) is 5. The molecule has 2 unspecified atom stereocenters. The van der Waals surface area contributed by atoms with E-state index in [0.717, 1.165) is 36.2 Å². The predicted octanol–water partition coefficient (Wildman–Crippen LogP) is 5.83. The van der Waals surface area contributed by atoms with Crippen LogP contribution >= 0.6 is 13.4 Å². The Balaban J connectivity index is 1.20. The van der Waals surface area contributed by atoms with Gasteiger partial charge in [0.2, 0.25) is 0 Å². The minimum atomic E-state index is -4.20. The molecule has 26 heteroatoms. The van der Waals surface area contributed by atoms with E-state index in [-0.39, 0.29) is 23.3 Å². The number of imidazole rings is 1. The van der Waals surface area contributed by atoms with Crippen molar-refractivity contribution < 1.29 is 46.2 Å². The number of nitrogens with zero attached hydrogens (tertiary/aromatic N) is 7. The summed E-state index contributed by atoms with van der Waals surface area (Å²) in [5.74, 6) is 1.22. The van der Waals surface area contributed by atoms with Crippen LogP contribution in [0.4, 0.5) is 11.6 Å². The first kappa shape index (κ1) is 48.5. The number of aryl methyl sites for hydroxylation is 1. The van der Waals surface area contributed by atoms with Gasteiger partial charge in [-0.2, -0.15) is 0 Å². The summed E-state index contributed by atoms with van der Waals surface area (Å²) in [5.41, 5.74) is 8.33. The molecule has 8 heterocycles. The highest BCUT2D eigenvalue weighted by molar-refractivity contribution is 8.07. The zero-order valence-corrected chi connectivity index (χ0v) is 43.4. The van der Waals surface area contributed by atoms with E-state index in [9.17, 15) is 9.79 Å². The van der Waals surface area contributed by atoms with Crippen molar-refractivity contribution in [2.45, 2.75) is 140 Å². The highest BCUT2D eigenvalue weighted by Crippen LogP contribution is 2.56. The van der Waals surface area contributed by atoms with Gasteiger partial charge in [-0.1, -0.05) is 41.5 Å². The topological polar surface area (TPSA) is 239 Å². The van der Waals surface area contributed by atoms with E-state index in [1.54, 1.807) is 10.9 Å². The molecular weight excluding hydrogens is 939 g/mol. The van der Waals surface area contributed by atoms with Gasteiger partial charge in [0.25, 0.3) is 0 Å². The van der Waals surface area contributed by atoms with Crippen molar-refractivity contribution in [3.05, 3.63) is 30.7 Å². The molecule has 4 aromatic rings. The Morgan fingerprint density at radius 3 is 2.11 bits per heavy atom. The van der Waals surface area contributed by atoms with Crippen molar-refractivity contribution in [2.75, 3.05) is 43.5 Å². The lowest BCUT2D eigenvalue weighted by atomic mass is 10.1. The fourth-order valence-corrected chi connectivity index (χ4v) is 13.4. The summed E-state index contributed by atoms with van der Waals surface area (Å²) in [5, 5.41) is 7.00. The molecular formula is C38H62N10O10P2S2Si2. The Kier molecular flexibility index (Phi) is 13.5. The van der Waals surface area contributed by atoms with Gasteiger partial charge < -0.3 is 58.1 Å². The van der Waals surface area contributed by atoms with E-state index in [0.29, 0.717) is 35.7 Å². The molecule has 4 aliphatic heterocycles. The molecule has 6 N–H and O–H groups in total. The Morgan fingerprint density at radius 1 is 0.828 bits per heavy atom. The standard InChI is InChI=1S/C38H62N10O10P2S2Si2/c1-37(2,3)63(7,8)57-28-24-18-52-59(49,61)55-27-23(17-51-60(50,62)56-29(28)35(54-24)48-21-46-26-32(41-15-13-39)43-20-45-34(26)48)53-36(30(27)58-64(9,10)38(4,5)6)47-16-22-12-11-14-40-31-25(22)33(47)44-19-42-31/h16,19-21,23-24,27-30,35-36H,11-15,17-18,39H2,1-10H3,(H,49,61)(H,50,62)(H,40,42,44)(H,41,43,45)/t23-,24-,27-,28-,29-,30-,35-,36-,59?,60?/m1/s1. The van der Waals surface area contributed by atoms with Gasteiger partial charge in [0.15, 0.2) is 46.1 Å². The number of hydrogen-bond acceptors (Lipinski definition) is 18. The molecule has 0 saturated carbocycles. The van der Waals surface area contributed by atoms with Crippen LogP contribution in [0, 0.1) is 0 Å². The molecule has 0 aromatic carbocycles. The number of nitrogens with one attached hydrogen (secondary N) is 2. The maximum atomic E-state index is 12.2. The van der Waals surface area contributed by atoms with Gasteiger partial charge in [-0.15, -0.1) is 0 Å². The second kappa shape index (κ2) is 17.9. The SMILES string of the molecule is CC(C)(C)[Si](C)(C)O[C@@H]1[C@@H]2OP(O)(=S)OC[C@H]3O[C@@H](n4cnc5c(NCCN)ncnc54)[C@H](OP(O)(=S)OC[C@H]2O[C@H]1n1cc2c4c(ncnc41)NCCC2)[C@@H]3O[Si](C)(C)C(C)(C)C. The Morgan fingerprint density at radius 2 is 1.44 bits per heavy atom. The summed E-state index contributed by atoms with van der Waals surface area (Å²) >= 11 is 11.7. The minimum absolute atomic E-state index is 0.239. The molecule has 0 spiro atoms. The number of fused-ring (bicyclic) bond motifs is 4. The third-order valence-corrected chi connectivity index (χ3v) is 25.4. The molecule has 10 atom stereocenters. The van der Waals surface area contributed by atoms with Crippen molar-refractivity contribution in [3.63, 3.8) is 0 Å². The molecule has 64 heavy (non-hydrogen) atoms. The van der Waals surface area contributed by atoms with Crippen LogP contribution in [0.5, 0.6) is 0 Å². The normalized spacial score (nSPS) is 32.1. The predicted molar refractivity (Wildman–Crippen MR) is 254 cm³/mol. The Hall–Kier alpha value is -1.94. The zero-order valence-electron chi connectivity index (χ0n) is 38.0. The number of aromatic nitrogens is 7. The summed E-state index contributed by atoms with van der Waals surface area (Å²) in [6, 6.07) is 0. The van der Waals surface area contributed by atoms with Crippen molar-refractivity contribution in [1.82, 2.24) is 34.1 Å². The fourth-order valence-electron chi connectivity index (χ4n) is 7.90. The van der Waals surface area contributed by atoms with Crippen LogP contribution in [0.15, 0.2) is 25.2 Å². The van der Waals surface area contributed by atoms with Crippen molar-refractivity contribution in [3.8, 4) is 0 Å². The lowest BCUT2D eigenvalue weighted by Crippen LogP contribution is -2.50. The van der Waals surface area contributed by atoms with Crippen molar-refractivity contribution >= 4 is 87.5 Å². The molecule has 0 radical (unpaired) electrons. The molecule has 2 bridgehead atoms. The van der Waals surface area contributed by atoms with Gasteiger partial charge in [0, 0.05) is 25.8 Å². The molecule has 4 aromatic heterocycles. The molecule has 3 saturated heterocycles. The second-order valence-corrected chi connectivity index (χ2v) is 34.9.